The van der Waals surface area contributed by atoms with E-state index in [0.717, 1.165) is 23.8 Å². The Labute approximate surface area is 143 Å². The molecule has 0 saturated heterocycles. The van der Waals surface area contributed by atoms with E-state index in [-0.39, 0.29) is 11.9 Å². The van der Waals surface area contributed by atoms with E-state index in [1.54, 1.807) is 6.20 Å². The van der Waals surface area contributed by atoms with Gasteiger partial charge in [-0.2, -0.15) is 5.10 Å². The van der Waals surface area contributed by atoms with Crippen LogP contribution in [0.3, 0.4) is 0 Å². The standard InChI is InChI=1S/C17H26N6O/c1-12(11-23-14(3)8-13(2)21-23)9-19-17(24)20-15-6-7-16(18-10-15)22(4)5/h6-8,10,12H,9,11H2,1-5H3,(H2,19,20,24). The number of nitrogens with one attached hydrogen (secondary N) is 2. The Morgan fingerprint density at radius 2 is 2.08 bits per heavy atom. The molecule has 24 heavy (non-hydrogen) atoms. The second-order valence-corrected chi connectivity index (χ2v) is 6.35. The van der Waals surface area contributed by atoms with E-state index in [1.165, 1.54) is 0 Å². The highest BCUT2D eigenvalue weighted by atomic mass is 16.2. The lowest BCUT2D eigenvalue weighted by molar-refractivity contribution is 0.249. The zero-order valence-electron chi connectivity index (χ0n) is 15.0. The third kappa shape index (κ3) is 4.97. The minimum absolute atomic E-state index is 0.227. The summed E-state index contributed by atoms with van der Waals surface area (Å²) in [6.45, 7) is 7.46. The lowest BCUT2D eigenvalue weighted by atomic mass is 10.2. The predicted octanol–water partition coefficient (Wildman–Crippen LogP) is 2.42. The van der Waals surface area contributed by atoms with E-state index >= 15 is 0 Å². The Kier molecular flexibility index (Phi) is 5.78. The van der Waals surface area contributed by atoms with Crippen LogP contribution in [0.1, 0.15) is 18.3 Å². The first-order valence-electron chi connectivity index (χ1n) is 8.04. The van der Waals surface area contributed by atoms with Gasteiger partial charge in [-0.1, -0.05) is 6.92 Å². The van der Waals surface area contributed by atoms with Gasteiger partial charge in [-0.25, -0.2) is 9.78 Å². The first kappa shape index (κ1) is 17.8. The SMILES string of the molecule is Cc1cc(C)n(CC(C)CNC(=O)Nc2ccc(N(C)C)nc2)n1. The fraction of sp³-hybridized carbons (Fsp3) is 0.471. The van der Waals surface area contributed by atoms with Gasteiger partial charge in [0.25, 0.3) is 0 Å². The van der Waals surface area contributed by atoms with Crippen LogP contribution in [0.25, 0.3) is 0 Å². The molecule has 0 radical (unpaired) electrons. The molecular formula is C17H26N6O. The maximum absolute atomic E-state index is 12.0. The lowest BCUT2D eigenvalue weighted by Gasteiger charge is -2.15. The number of carbonyl (C=O) groups is 1. The summed E-state index contributed by atoms with van der Waals surface area (Å²) >= 11 is 0. The minimum atomic E-state index is -0.227. The number of aryl methyl sites for hydroxylation is 2. The molecule has 2 aromatic heterocycles. The van der Waals surface area contributed by atoms with Gasteiger partial charge < -0.3 is 15.5 Å². The molecule has 0 spiro atoms. The Morgan fingerprint density at radius 1 is 1.33 bits per heavy atom. The zero-order chi connectivity index (χ0) is 17.7. The second-order valence-electron chi connectivity index (χ2n) is 6.35. The van der Waals surface area contributed by atoms with E-state index in [9.17, 15) is 4.79 Å². The number of urea groups is 1. The Hall–Kier alpha value is -2.57. The number of carbonyl (C=O) groups excluding carboxylic acids is 1. The molecule has 0 saturated carbocycles. The Bertz CT molecular complexity index is 677. The molecule has 2 N–H and O–H groups in total. The fourth-order valence-electron chi connectivity index (χ4n) is 2.39. The van der Waals surface area contributed by atoms with E-state index in [4.69, 9.17) is 0 Å². The number of hydrogen-bond donors (Lipinski definition) is 2. The molecule has 0 bridgehead atoms. The predicted molar refractivity (Wildman–Crippen MR) is 96.5 cm³/mol. The molecule has 2 aromatic rings. The molecule has 2 heterocycles. The minimum Gasteiger partial charge on any atom is -0.363 e. The van der Waals surface area contributed by atoms with Crippen LogP contribution in [-0.4, -0.2) is 41.4 Å². The Morgan fingerprint density at radius 3 is 2.62 bits per heavy atom. The molecule has 1 atom stereocenters. The number of pyridine rings is 1. The van der Waals surface area contributed by atoms with Gasteiger partial charge in [0.05, 0.1) is 17.6 Å². The normalized spacial score (nSPS) is 11.9. The summed E-state index contributed by atoms with van der Waals surface area (Å²) in [6.07, 6.45) is 1.65. The number of rotatable bonds is 6. The molecule has 7 nitrogen and oxygen atoms in total. The molecule has 0 fully saturated rings. The second kappa shape index (κ2) is 7.81. The van der Waals surface area contributed by atoms with Crippen LogP contribution >= 0.6 is 0 Å². The molecular weight excluding hydrogens is 304 g/mol. The van der Waals surface area contributed by atoms with Gasteiger partial charge in [0.1, 0.15) is 5.82 Å². The van der Waals surface area contributed by atoms with E-state index in [2.05, 4.69) is 33.7 Å². The fourth-order valence-corrected chi connectivity index (χ4v) is 2.39. The molecule has 130 valence electrons. The highest BCUT2D eigenvalue weighted by molar-refractivity contribution is 5.89. The molecule has 0 aliphatic rings. The van der Waals surface area contributed by atoms with E-state index < -0.39 is 0 Å². The quantitative estimate of drug-likeness (QED) is 0.853. The first-order valence-corrected chi connectivity index (χ1v) is 8.04. The maximum Gasteiger partial charge on any atom is 0.319 e. The van der Waals surface area contributed by atoms with Crippen molar-refractivity contribution in [2.45, 2.75) is 27.3 Å². The van der Waals surface area contributed by atoms with Crippen molar-refractivity contribution in [1.29, 1.82) is 0 Å². The van der Waals surface area contributed by atoms with Crippen molar-refractivity contribution in [3.05, 3.63) is 35.8 Å². The summed E-state index contributed by atoms with van der Waals surface area (Å²) in [5, 5.41) is 10.1. The van der Waals surface area contributed by atoms with Crippen molar-refractivity contribution in [2.24, 2.45) is 5.92 Å². The van der Waals surface area contributed by atoms with Gasteiger partial charge >= 0.3 is 6.03 Å². The topological polar surface area (TPSA) is 75.1 Å². The van der Waals surface area contributed by atoms with Crippen molar-refractivity contribution in [3.8, 4) is 0 Å². The molecule has 0 aliphatic carbocycles. The molecule has 7 heteroatoms. The Balaban J connectivity index is 1.79. The van der Waals surface area contributed by atoms with Crippen LogP contribution in [0, 0.1) is 19.8 Å². The average Bonchev–Trinajstić information content (AvgIpc) is 2.83. The van der Waals surface area contributed by atoms with Gasteiger partial charge in [-0.05, 0) is 38.0 Å². The molecule has 0 aromatic carbocycles. The van der Waals surface area contributed by atoms with Crippen molar-refractivity contribution >= 4 is 17.5 Å². The number of amides is 2. The van der Waals surface area contributed by atoms with Crippen molar-refractivity contribution in [1.82, 2.24) is 20.1 Å². The van der Waals surface area contributed by atoms with Gasteiger partial charge in [-0.15, -0.1) is 0 Å². The van der Waals surface area contributed by atoms with E-state index in [0.29, 0.717) is 12.2 Å². The van der Waals surface area contributed by atoms with Gasteiger partial charge in [0.2, 0.25) is 0 Å². The molecule has 2 amide bonds. The van der Waals surface area contributed by atoms with Crippen LogP contribution in [0.4, 0.5) is 16.3 Å². The monoisotopic (exact) mass is 330 g/mol. The summed E-state index contributed by atoms with van der Waals surface area (Å²) in [7, 11) is 3.85. The van der Waals surface area contributed by atoms with Gasteiger partial charge in [0, 0.05) is 32.9 Å². The van der Waals surface area contributed by atoms with Crippen LogP contribution < -0.4 is 15.5 Å². The van der Waals surface area contributed by atoms with Crippen LogP contribution in [-0.2, 0) is 6.54 Å². The number of hydrogen-bond acceptors (Lipinski definition) is 4. The van der Waals surface area contributed by atoms with Crippen LogP contribution in [0.5, 0.6) is 0 Å². The van der Waals surface area contributed by atoms with Crippen molar-refractivity contribution < 1.29 is 4.79 Å². The highest BCUT2D eigenvalue weighted by Gasteiger charge is 2.09. The smallest absolute Gasteiger partial charge is 0.319 e. The third-order valence-corrected chi connectivity index (χ3v) is 3.66. The zero-order valence-corrected chi connectivity index (χ0v) is 15.0. The summed E-state index contributed by atoms with van der Waals surface area (Å²) < 4.78 is 1.98. The summed E-state index contributed by atoms with van der Waals surface area (Å²) in [4.78, 5) is 18.1. The molecule has 2 rings (SSSR count). The highest BCUT2D eigenvalue weighted by Crippen LogP contribution is 2.11. The van der Waals surface area contributed by atoms with Gasteiger partial charge in [-0.3, -0.25) is 4.68 Å². The van der Waals surface area contributed by atoms with Crippen molar-refractivity contribution in [3.63, 3.8) is 0 Å². The summed E-state index contributed by atoms with van der Waals surface area (Å²) in [6, 6.07) is 5.52. The van der Waals surface area contributed by atoms with Crippen LogP contribution in [0.15, 0.2) is 24.4 Å². The molecule has 1 unspecified atom stereocenters. The average molecular weight is 330 g/mol. The third-order valence-electron chi connectivity index (χ3n) is 3.66. The van der Waals surface area contributed by atoms with Crippen molar-refractivity contribution in [2.75, 3.05) is 30.9 Å². The number of anilines is 2. The van der Waals surface area contributed by atoms with Crippen LogP contribution in [0.2, 0.25) is 0 Å². The van der Waals surface area contributed by atoms with E-state index in [1.807, 2.05) is 49.7 Å². The number of aromatic nitrogens is 3. The first-order chi connectivity index (χ1) is 11.3. The molecule has 0 aliphatic heterocycles. The maximum atomic E-state index is 12.0. The summed E-state index contributed by atoms with van der Waals surface area (Å²) in [5.41, 5.74) is 2.82. The number of nitrogens with zero attached hydrogens (tertiary/aromatic N) is 4. The van der Waals surface area contributed by atoms with Gasteiger partial charge in [0.15, 0.2) is 0 Å². The summed E-state index contributed by atoms with van der Waals surface area (Å²) in [5.74, 6) is 1.13. The largest absolute Gasteiger partial charge is 0.363 e. The lowest BCUT2D eigenvalue weighted by Crippen LogP contribution is -2.33.